The molecule has 0 aromatic heterocycles. The molecule has 0 radical (unpaired) electrons. The van der Waals surface area contributed by atoms with Crippen molar-refractivity contribution in [2.45, 2.75) is 50.9 Å². The highest BCUT2D eigenvalue weighted by atomic mass is 35.5. The Morgan fingerprint density at radius 3 is 2.85 bits per heavy atom. The number of methoxy groups -OCH3 is 1. The van der Waals surface area contributed by atoms with Crippen LogP contribution in [0.15, 0.2) is 12.1 Å². The highest BCUT2D eigenvalue weighted by Gasteiger charge is 2.45. The minimum atomic E-state index is -0.378. The van der Waals surface area contributed by atoms with Gasteiger partial charge in [-0.05, 0) is 49.4 Å². The first-order chi connectivity index (χ1) is 9.56. The number of halogens is 1. The molecular formula is C17H21ClO2. The van der Waals surface area contributed by atoms with Crippen LogP contribution < -0.4 is 4.74 Å². The third-order valence-corrected chi connectivity index (χ3v) is 5.43. The number of carbonyl (C=O) groups is 1. The van der Waals surface area contributed by atoms with Gasteiger partial charge < -0.3 is 4.74 Å². The Hall–Kier alpha value is -1.02. The summed E-state index contributed by atoms with van der Waals surface area (Å²) in [5.41, 5.74) is 1.89. The first-order valence-electron chi connectivity index (χ1n) is 7.47. The third kappa shape index (κ3) is 2.05. The average molecular weight is 293 g/mol. The Labute approximate surface area is 125 Å². The molecule has 2 unspecified atom stereocenters. The van der Waals surface area contributed by atoms with Crippen molar-refractivity contribution < 1.29 is 9.53 Å². The van der Waals surface area contributed by atoms with E-state index in [1.807, 2.05) is 12.1 Å². The average Bonchev–Trinajstić information content (AvgIpc) is 2.44. The van der Waals surface area contributed by atoms with Gasteiger partial charge in [-0.3, -0.25) is 4.79 Å². The van der Waals surface area contributed by atoms with Crippen molar-refractivity contribution in [1.82, 2.24) is 0 Å². The molecule has 20 heavy (non-hydrogen) atoms. The van der Waals surface area contributed by atoms with Gasteiger partial charge in [-0.15, -0.1) is 0 Å². The maximum Gasteiger partial charge on any atom is 0.146 e. The lowest BCUT2D eigenvalue weighted by Gasteiger charge is -2.41. The van der Waals surface area contributed by atoms with E-state index in [9.17, 15) is 4.79 Å². The van der Waals surface area contributed by atoms with Crippen LogP contribution in [-0.4, -0.2) is 12.9 Å². The molecule has 1 saturated carbocycles. The molecule has 2 aliphatic carbocycles. The highest BCUT2D eigenvalue weighted by molar-refractivity contribution is 6.31. The quantitative estimate of drug-likeness (QED) is 0.771. The first-order valence-corrected chi connectivity index (χ1v) is 7.85. The Morgan fingerprint density at radius 2 is 2.10 bits per heavy atom. The second kappa shape index (κ2) is 5.07. The number of ether oxygens (including phenoxy) is 1. The largest absolute Gasteiger partial charge is 0.497 e. The summed E-state index contributed by atoms with van der Waals surface area (Å²) in [6.07, 6.45) is 6.24. The van der Waals surface area contributed by atoms with Crippen molar-refractivity contribution in [1.29, 1.82) is 0 Å². The predicted molar refractivity (Wildman–Crippen MR) is 80.6 cm³/mol. The van der Waals surface area contributed by atoms with E-state index >= 15 is 0 Å². The Bertz CT molecular complexity index is 552. The second-order valence-corrected chi connectivity index (χ2v) is 6.74. The molecule has 2 nitrogen and oxygen atoms in total. The van der Waals surface area contributed by atoms with Gasteiger partial charge in [0.25, 0.3) is 0 Å². The van der Waals surface area contributed by atoms with Gasteiger partial charge in [-0.2, -0.15) is 0 Å². The lowest BCUT2D eigenvalue weighted by molar-refractivity contribution is -0.129. The number of fused-ring (bicyclic) bond motifs is 4. The molecule has 2 aliphatic rings. The number of hydrogen-bond donors (Lipinski definition) is 0. The van der Waals surface area contributed by atoms with Gasteiger partial charge in [-0.1, -0.05) is 30.9 Å². The molecule has 2 atom stereocenters. The van der Waals surface area contributed by atoms with E-state index in [4.69, 9.17) is 16.3 Å². The number of ketones is 1. The van der Waals surface area contributed by atoms with Crippen LogP contribution in [0, 0.1) is 5.92 Å². The summed E-state index contributed by atoms with van der Waals surface area (Å²) in [6, 6.07) is 3.90. The van der Waals surface area contributed by atoms with Gasteiger partial charge in [0.05, 0.1) is 12.5 Å². The minimum Gasteiger partial charge on any atom is -0.497 e. The van der Waals surface area contributed by atoms with Crippen molar-refractivity contribution in [2.75, 3.05) is 7.11 Å². The van der Waals surface area contributed by atoms with Crippen LogP contribution in [0.1, 0.15) is 50.2 Å². The highest BCUT2D eigenvalue weighted by Crippen LogP contribution is 2.46. The molecule has 1 aromatic carbocycles. The number of Topliss-reactive ketones (excluding diaryl/α,β-unsaturated/α-hetero) is 1. The maximum atomic E-state index is 12.9. The standard InChI is InChI=1S/C17H21ClO2/c1-17-7-5-3-4-6-11(16(17)19)8-13-14(17)9-12(20-2)10-15(13)18/h9-11H,3-8H2,1-2H3. The lowest BCUT2D eigenvalue weighted by Crippen LogP contribution is -2.44. The van der Waals surface area contributed by atoms with E-state index in [1.54, 1.807) is 7.11 Å². The van der Waals surface area contributed by atoms with Crippen LogP contribution in [-0.2, 0) is 16.6 Å². The number of benzene rings is 1. The van der Waals surface area contributed by atoms with E-state index in [2.05, 4.69) is 6.92 Å². The normalized spacial score (nSPS) is 29.4. The molecule has 0 heterocycles. The van der Waals surface area contributed by atoms with Crippen LogP contribution in [0.2, 0.25) is 5.02 Å². The summed E-state index contributed by atoms with van der Waals surface area (Å²) in [5, 5.41) is 0.753. The first kappa shape index (κ1) is 13.9. The van der Waals surface area contributed by atoms with Crippen molar-refractivity contribution in [3.05, 3.63) is 28.3 Å². The van der Waals surface area contributed by atoms with Gasteiger partial charge >= 0.3 is 0 Å². The van der Waals surface area contributed by atoms with Gasteiger partial charge in [-0.25, -0.2) is 0 Å². The summed E-state index contributed by atoms with van der Waals surface area (Å²) in [6.45, 7) is 2.10. The van der Waals surface area contributed by atoms with E-state index in [-0.39, 0.29) is 11.3 Å². The van der Waals surface area contributed by atoms with Gasteiger partial charge in [0.1, 0.15) is 11.5 Å². The van der Waals surface area contributed by atoms with Gasteiger partial charge in [0.15, 0.2) is 0 Å². The summed E-state index contributed by atoms with van der Waals surface area (Å²) < 4.78 is 5.34. The summed E-state index contributed by atoms with van der Waals surface area (Å²) in [7, 11) is 1.64. The molecule has 3 heteroatoms. The minimum absolute atomic E-state index is 0.152. The monoisotopic (exact) mass is 292 g/mol. The summed E-state index contributed by atoms with van der Waals surface area (Å²) >= 11 is 6.45. The molecule has 2 bridgehead atoms. The fraction of sp³-hybridized carbons (Fsp3) is 0.588. The van der Waals surface area contributed by atoms with Crippen LogP contribution in [0.25, 0.3) is 0 Å². The Balaban J connectivity index is 2.18. The molecule has 0 saturated heterocycles. The molecule has 108 valence electrons. The fourth-order valence-electron chi connectivity index (χ4n) is 3.89. The molecule has 0 N–H and O–H groups in total. The van der Waals surface area contributed by atoms with E-state index in [1.165, 1.54) is 12.0 Å². The molecule has 0 aliphatic heterocycles. The van der Waals surface area contributed by atoms with Crippen molar-refractivity contribution >= 4 is 17.4 Å². The fourth-order valence-corrected chi connectivity index (χ4v) is 4.18. The van der Waals surface area contributed by atoms with Crippen molar-refractivity contribution in [3.8, 4) is 5.75 Å². The van der Waals surface area contributed by atoms with Crippen LogP contribution in [0.5, 0.6) is 5.75 Å². The zero-order valence-electron chi connectivity index (χ0n) is 12.2. The van der Waals surface area contributed by atoms with Crippen molar-refractivity contribution in [2.24, 2.45) is 5.92 Å². The molecule has 3 rings (SSSR count). The Kier molecular flexibility index (Phi) is 3.53. The zero-order valence-corrected chi connectivity index (χ0v) is 12.9. The summed E-state index contributed by atoms with van der Waals surface area (Å²) in [4.78, 5) is 12.9. The van der Waals surface area contributed by atoms with E-state index in [0.717, 1.165) is 48.4 Å². The zero-order chi connectivity index (χ0) is 14.3. The second-order valence-electron chi connectivity index (χ2n) is 6.33. The van der Waals surface area contributed by atoms with E-state index < -0.39 is 0 Å². The molecule has 0 spiro atoms. The van der Waals surface area contributed by atoms with Crippen molar-refractivity contribution in [3.63, 3.8) is 0 Å². The van der Waals surface area contributed by atoms with Gasteiger partial charge in [0, 0.05) is 10.9 Å². The van der Waals surface area contributed by atoms with Crippen LogP contribution in [0.3, 0.4) is 0 Å². The number of carbonyl (C=O) groups excluding carboxylic acids is 1. The predicted octanol–water partition coefficient (Wildman–Crippen LogP) is 4.31. The Morgan fingerprint density at radius 1 is 1.30 bits per heavy atom. The van der Waals surface area contributed by atoms with Crippen LogP contribution >= 0.6 is 11.6 Å². The molecule has 1 fully saturated rings. The molecular weight excluding hydrogens is 272 g/mol. The lowest BCUT2D eigenvalue weighted by atomic mass is 9.62. The molecule has 0 amide bonds. The van der Waals surface area contributed by atoms with Gasteiger partial charge in [0.2, 0.25) is 0 Å². The molecule has 1 aromatic rings. The smallest absolute Gasteiger partial charge is 0.146 e. The van der Waals surface area contributed by atoms with E-state index in [0.29, 0.717) is 5.78 Å². The SMILES string of the molecule is COc1cc(Cl)c2c(c1)C1(C)CCCCCC(C2)C1=O. The topological polar surface area (TPSA) is 26.3 Å². The number of rotatable bonds is 1. The maximum absolute atomic E-state index is 12.9. The third-order valence-electron chi connectivity index (χ3n) is 5.09. The summed E-state index contributed by atoms with van der Waals surface area (Å²) in [5.74, 6) is 1.32. The van der Waals surface area contributed by atoms with Crippen LogP contribution in [0.4, 0.5) is 0 Å². The number of hydrogen-bond acceptors (Lipinski definition) is 2.